The zero-order valence-corrected chi connectivity index (χ0v) is 12.7. The highest BCUT2D eigenvalue weighted by atomic mass is 79.9. The van der Waals surface area contributed by atoms with Gasteiger partial charge in [-0.15, -0.1) is 0 Å². The highest BCUT2D eigenvalue weighted by Gasteiger charge is 2.43. The van der Waals surface area contributed by atoms with E-state index in [9.17, 15) is 4.79 Å². The third-order valence-electron chi connectivity index (χ3n) is 3.67. The summed E-state index contributed by atoms with van der Waals surface area (Å²) in [6.45, 7) is 2.88. The molecule has 1 aromatic carbocycles. The molecule has 3 atom stereocenters. The van der Waals surface area contributed by atoms with Crippen molar-refractivity contribution >= 4 is 21.8 Å². The van der Waals surface area contributed by atoms with Crippen LogP contribution in [0.15, 0.2) is 28.7 Å². The van der Waals surface area contributed by atoms with Crippen LogP contribution in [-0.4, -0.2) is 24.2 Å². The van der Waals surface area contributed by atoms with Crippen molar-refractivity contribution in [3.05, 3.63) is 34.3 Å². The molecule has 2 rings (SSSR count). The van der Waals surface area contributed by atoms with Gasteiger partial charge in [0, 0.05) is 23.5 Å². The summed E-state index contributed by atoms with van der Waals surface area (Å²) in [7, 11) is 0. The number of aliphatic hydroxyl groups excluding tert-OH is 1. The maximum Gasteiger partial charge on any atom is 0.223 e. The molecule has 0 bridgehead atoms. The molecular formula is C15H20BrNO2. The fraction of sp³-hybridized carbons (Fsp3) is 0.533. The van der Waals surface area contributed by atoms with Crippen LogP contribution < -0.4 is 5.32 Å². The molecule has 1 aromatic rings. The molecule has 1 aliphatic carbocycles. The molecule has 1 saturated carbocycles. The summed E-state index contributed by atoms with van der Waals surface area (Å²) in [5.41, 5.74) is 1.24. The first-order valence-electron chi connectivity index (χ1n) is 6.76. The molecule has 0 spiro atoms. The molecule has 19 heavy (non-hydrogen) atoms. The SMILES string of the molecule is CC(CCO)CNC(=O)C1CC1c1ccc(Br)cc1. The van der Waals surface area contributed by atoms with Crippen molar-refractivity contribution in [1.29, 1.82) is 0 Å². The average Bonchev–Trinajstić information content (AvgIpc) is 3.17. The standard InChI is InChI=1S/C15H20BrNO2/c1-10(6-7-18)9-17-15(19)14-8-13(14)11-2-4-12(16)5-3-11/h2-5,10,13-14,18H,6-9H2,1H3,(H,17,19). The van der Waals surface area contributed by atoms with E-state index in [2.05, 4.69) is 33.4 Å². The van der Waals surface area contributed by atoms with Gasteiger partial charge in [0.25, 0.3) is 0 Å². The lowest BCUT2D eigenvalue weighted by molar-refractivity contribution is -0.122. The number of nitrogens with one attached hydrogen (secondary N) is 1. The van der Waals surface area contributed by atoms with Gasteiger partial charge >= 0.3 is 0 Å². The first-order valence-corrected chi connectivity index (χ1v) is 7.55. The molecule has 0 radical (unpaired) electrons. The van der Waals surface area contributed by atoms with Gasteiger partial charge < -0.3 is 10.4 Å². The lowest BCUT2D eigenvalue weighted by Crippen LogP contribution is -2.30. The van der Waals surface area contributed by atoms with E-state index in [4.69, 9.17) is 5.11 Å². The van der Waals surface area contributed by atoms with Crippen molar-refractivity contribution in [2.45, 2.75) is 25.7 Å². The zero-order chi connectivity index (χ0) is 13.8. The van der Waals surface area contributed by atoms with Crippen LogP contribution in [0.3, 0.4) is 0 Å². The lowest BCUT2D eigenvalue weighted by atomic mass is 10.1. The Bertz CT molecular complexity index is 432. The van der Waals surface area contributed by atoms with Gasteiger partial charge in [-0.05, 0) is 42.4 Å². The Morgan fingerprint density at radius 3 is 2.79 bits per heavy atom. The quantitative estimate of drug-likeness (QED) is 0.844. The number of benzene rings is 1. The van der Waals surface area contributed by atoms with E-state index < -0.39 is 0 Å². The molecule has 0 heterocycles. The minimum atomic E-state index is 0.127. The van der Waals surface area contributed by atoms with Crippen LogP contribution in [0.4, 0.5) is 0 Å². The fourth-order valence-corrected chi connectivity index (χ4v) is 2.56. The van der Waals surface area contributed by atoms with Gasteiger partial charge in [0.1, 0.15) is 0 Å². The second-order valence-electron chi connectivity index (χ2n) is 5.36. The minimum Gasteiger partial charge on any atom is -0.396 e. The van der Waals surface area contributed by atoms with Gasteiger partial charge in [-0.1, -0.05) is 35.0 Å². The van der Waals surface area contributed by atoms with Crippen molar-refractivity contribution < 1.29 is 9.90 Å². The van der Waals surface area contributed by atoms with Crippen LogP contribution in [0.5, 0.6) is 0 Å². The van der Waals surface area contributed by atoms with Gasteiger partial charge in [-0.2, -0.15) is 0 Å². The number of halogens is 1. The molecule has 4 heteroatoms. The summed E-state index contributed by atoms with van der Waals surface area (Å²) in [6.07, 6.45) is 1.68. The Morgan fingerprint density at radius 1 is 1.47 bits per heavy atom. The Balaban J connectivity index is 1.79. The largest absolute Gasteiger partial charge is 0.396 e. The maximum absolute atomic E-state index is 12.0. The van der Waals surface area contributed by atoms with Crippen molar-refractivity contribution in [3.8, 4) is 0 Å². The number of carbonyl (C=O) groups is 1. The molecule has 0 aliphatic heterocycles. The predicted molar refractivity (Wildman–Crippen MR) is 78.9 cm³/mol. The van der Waals surface area contributed by atoms with Crippen LogP contribution in [-0.2, 0) is 4.79 Å². The van der Waals surface area contributed by atoms with Gasteiger partial charge in [-0.3, -0.25) is 4.79 Å². The smallest absolute Gasteiger partial charge is 0.223 e. The van der Waals surface area contributed by atoms with E-state index in [0.717, 1.165) is 17.3 Å². The normalized spacial score (nSPS) is 22.9. The van der Waals surface area contributed by atoms with Crippen LogP contribution in [0.2, 0.25) is 0 Å². The minimum absolute atomic E-state index is 0.127. The van der Waals surface area contributed by atoms with Crippen molar-refractivity contribution in [2.75, 3.05) is 13.2 Å². The number of carbonyl (C=O) groups excluding carboxylic acids is 1. The van der Waals surface area contributed by atoms with Crippen molar-refractivity contribution in [2.24, 2.45) is 11.8 Å². The lowest BCUT2D eigenvalue weighted by Gasteiger charge is -2.11. The number of hydrogen-bond donors (Lipinski definition) is 2. The second kappa shape index (κ2) is 6.53. The first kappa shape index (κ1) is 14.5. The molecule has 0 aromatic heterocycles. The fourth-order valence-electron chi connectivity index (χ4n) is 2.29. The molecule has 1 aliphatic rings. The van der Waals surface area contributed by atoms with Crippen molar-refractivity contribution in [3.63, 3.8) is 0 Å². The summed E-state index contributed by atoms with van der Waals surface area (Å²) in [6, 6.07) is 8.20. The molecule has 3 nitrogen and oxygen atoms in total. The molecule has 3 unspecified atom stereocenters. The predicted octanol–water partition coefficient (Wildman–Crippen LogP) is 2.69. The van der Waals surface area contributed by atoms with Gasteiger partial charge in [0.2, 0.25) is 5.91 Å². The average molecular weight is 326 g/mol. The highest BCUT2D eigenvalue weighted by molar-refractivity contribution is 9.10. The van der Waals surface area contributed by atoms with Gasteiger partial charge in [0.05, 0.1) is 0 Å². The summed E-state index contributed by atoms with van der Waals surface area (Å²) >= 11 is 3.41. The second-order valence-corrected chi connectivity index (χ2v) is 6.28. The van der Waals surface area contributed by atoms with Crippen LogP contribution in [0, 0.1) is 11.8 Å². The van der Waals surface area contributed by atoms with Gasteiger partial charge in [0.15, 0.2) is 0 Å². The van der Waals surface area contributed by atoms with E-state index in [1.807, 2.05) is 19.1 Å². The Hall–Kier alpha value is -0.870. The van der Waals surface area contributed by atoms with Gasteiger partial charge in [-0.25, -0.2) is 0 Å². The molecule has 2 N–H and O–H groups in total. The van der Waals surface area contributed by atoms with Crippen LogP contribution >= 0.6 is 15.9 Å². The summed E-state index contributed by atoms with van der Waals surface area (Å²) in [4.78, 5) is 12.0. The third kappa shape index (κ3) is 4.05. The van der Waals surface area contributed by atoms with Crippen LogP contribution in [0.1, 0.15) is 31.2 Å². The Kier molecular flexibility index (Phi) is 4.99. The first-order chi connectivity index (χ1) is 9.11. The van der Waals surface area contributed by atoms with E-state index >= 15 is 0 Å². The molecule has 1 amide bonds. The number of rotatable bonds is 6. The summed E-state index contributed by atoms with van der Waals surface area (Å²) < 4.78 is 1.07. The maximum atomic E-state index is 12.0. The van der Waals surface area contributed by atoms with E-state index in [1.165, 1.54) is 5.56 Å². The summed E-state index contributed by atoms with van der Waals surface area (Å²) in [5.74, 6) is 0.986. The van der Waals surface area contributed by atoms with Crippen LogP contribution in [0.25, 0.3) is 0 Å². The van der Waals surface area contributed by atoms with E-state index in [-0.39, 0.29) is 18.4 Å². The topological polar surface area (TPSA) is 49.3 Å². The summed E-state index contributed by atoms with van der Waals surface area (Å²) in [5, 5.41) is 11.8. The molecule has 1 fully saturated rings. The Labute approximate surface area is 122 Å². The number of amides is 1. The molecular weight excluding hydrogens is 306 g/mol. The third-order valence-corrected chi connectivity index (χ3v) is 4.20. The zero-order valence-electron chi connectivity index (χ0n) is 11.1. The van der Waals surface area contributed by atoms with E-state index in [1.54, 1.807) is 0 Å². The number of hydrogen-bond acceptors (Lipinski definition) is 2. The molecule has 0 saturated heterocycles. The van der Waals surface area contributed by atoms with E-state index in [0.29, 0.717) is 18.4 Å². The molecule has 104 valence electrons. The number of aliphatic hydroxyl groups is 1. The van der Waals surface area contributed by atoms with Crippen molar-refractivity contribution in [1.82, 2.24) is 5.32 Å². The Morgan fingerprint density at radius 2 is 2.16 bits per heavy atom. The monoisotopic (exact) mass is 325 g/mol. The highest BCUT2D eigenvalue weighted by Crippen LogP contribution is 2.47.